The fourth-order valence-electron chi connectivity index (χ4n) is 2.02. The van der Waals surface area contributed by atoms with Crippen molar-refractivity contribution >= 4 is 0 Å². The molecule has 0 amide bonds. The Labute approximate surface area is 124 Å². The van der Waals surface area contributed by atoms with Crippen LogP contribution in [0.3, 0.4) is 0 Å². The molecule has 1 N–H and O–H groups in total. The lowest BCUT2D eigenvalue weighted by Crippen LogP contribution is -2.37. The summed E-state index contributed by atoms with van der Waals surface area (Å²) in [6, 6.07) is 5.05. The van der Waals surface area contributed by atoms with Gasteiger partial charge in [-0.25, -0.2) is 0 Å². The van der Waals surface area contributed by atoms with Crippen molar-refractivity contribution in [2.45, 2.75) is 39.5 Å². The van der Waals surface area contributed by atoms with Crippen molar-refractivity contribution in [3.05, 3.63) is 23.8 Å². The molecule has 0 fully saturated rings. The van der Waals surface area contributed by atoms with Crippen LogP contribution in [0.1, 0.15) is 26.3 Å². The van der Waals surface area contributed by atoms with Gasteiger partial charge < -0.3 is 19.5 Å². The van der Waals surface area contributed by atoms with Crippen LogP contribution in [-0.2, 0) is 11.3 Å². The second-order valence-electron chi connectivity index (χ2n) is 5.12. The van der Waals surface area contributed by atoms with E-state index in [9.17, 15) is 8.78 Å². The van der Waals surface area contributed by atoms with Crippen LogP contribution in [0.25, 0.3) is 0 Å². The van der Waals surface area contributed by atoms with E-state index in [0.717, 1.165) is 0 Å². The maximum Gasteiger partial charge on any atom is 0.387 e. The molecule has 0 radical (unpaired) electrons. The van der Waals surface area contributed by atoms with Gasteiger partial charge in [0.1, 0.15) is 0 Å². The first-order chi connectivity index (χ1) is 9.89. The Morgan fingerprint density at radius 3 is 2.57 bits per heavy atom. The topological polar surface area (TPSA) is 39.7 Å². The fraction of sp³-hybridized carbons (Fsp3) is 0.600. The molecule has 1 rings (SSSR count). The average molecular weight is 303 g/mol. The average Bonchev–Trinajstić information content (AvgIpc) is 2.39. The van der Waals surface area contributed by atoms with Crippen molar-refractivity contribution in [2.24, 2.45) is 0 Å². The number of benzene rings is 1. The lowest BCUT2D eigenvalue weighted by molar-refractivity contribution is -0.0520. The Morgan fingerprint density at radius 2 is 2.00 bits per heavy atom. The summed E-state index contributed by atoms with van der Waals surface area (Å²) in [5, 5.41) is 3.19. The van der Waals surface area contributed by atoms with Gasteiger partial charge in [-0.05, 0) is 26.8 Å². The number of halogens is 2. The van der Waals surface area contributed by atoms with Gasteiger partial charge in [-0.2, -0.15) is 8.78 Å². The maximum absolute atomic E-state index is 12.5. The molecule has 1 aromatic rings. The Hall–Kier alpha value is -1.40. The van der Waals surface area contributed by atoms with E-state index in [1.165, 1.54) is 7.11 Å². The normalized spacial score (nSPS) is 11.8. The molecule has 0 saturated heterocycles. The van der Waals surface area contributed by atoms with Gasteiger partial charge in [-0.15, -0.1) is 0 Å². The van der Waals surface area contributed by atoms with E-state index in [1.807, 2.05) is 20.8 Å². The number of ether oxygens (including phenoxy) is 3. The van der Waals surface area contributed by atoms with Gasteiger partial charge in [0.05, 0.1) is 12.7 Å². The number of para-hydroxylation sites is 1. The van der Waals surface area contributed by atoms with Crippen molar-refractivity contribution < 1.29 is 23.0 Å². The van der Waals surface area contributed by atoms with Crippen LogP contribution in [0.2, 0.25) is 0 Å². The molecule has 0 aliphatic heterocycles. The van der Waals surface area contributed by atoms with E-state index in [1.54, 1.807) is 18.2 Å². The number of hydrogen-bond donors (Lipinski definition) is 1. The number of methoxy groups -OCH3 is 1. The third-order valence-corrected chi connectivity index (χ3v) is 2.89. The molecule has 0 unspecified atom stereocenters. The van der Waals surface area contributed by atoms with Crippen molar-refractivity contribution in [1.29, 1.82) is 0 Å². The predicted octanol–water partition coefficient (Wildman–Crippen LogP) is 3.20. The van der Waals surface area contributed by atoms with Crippen LogP contribution >= 0.6 is 0 Å². The summed E-state index contributed by atoms with van der Waals surface area (Å²) < 4.78 is 40.2. The van der Waals surface area contributed by atoms with Crippen molar-refractivity contribution in [3.8, 4) is 11.5 Å². The van der Waals surface area contributed by atoms with Crippen LogP contribution in [0.4, 0.5) is 8.78 Å². The number of nitrogens with one attached hydrogen (secondary N) is 1. The Bertz CT molecular complexity index is 439. The largest absolute Gasteiger partial charge is 0.493 e. The highest BCUT2D eigenvalue weighted by atomic mass is 19.3. The third-order valence-electron chi connectivity index (χ3n) is 2.89. The molecule has 0 heterocycles. The van der Waals surface area contributed by atoms with Gasteiger partial charge in [0.15, 0.2) is 11.5 Å². The zero-order chi connectivity index (χ0) is 15.9. The lowest BCUT2D eigenvalue weighted by atomic mass is 10.1. The van der Waals surface area contributed by atoms with Crippen LogP contribution in [0, 0.1) is 0 Å². The van der Waals surface area contributed by atoms with E-state index in [2.05, 4.69) is 10.1 Å². The first kappa shape index (κ1) is 17.7. The zero-order valence-electron chi connectivity index (χ0n) is 12.9. The van der Waals surface area contributed by atoms with Crippen LogP contribution < -0.4 is 14.8 Å². The van der Waals surface area contributed by atoms with E-state index in [-0.39, 0.29) is 11.4 Å². The second kappa shape index (κ2) is 8.14. The molecular formula is C15H23F2NO3. The molecule has 0 aliphatic carbocycles. The van der Waals surface area contributed by atoms with Crippen LogP contribution in [0.15, 0.2) is 18.2 Å². The zero-order valence-corrected chi connectivity index (χ0v) is 12.9. The Morgan fingerprint density at radius 1 is 1.29 bits per heavy atom. The van der Waals surface area contributed by atoms with E-state index < -0.39 is 6.61 Å². The van der Waals surface area contributed by atoms with Gasteiger partial charge >= 0.3 is 6.61 Å². The van der Waals surface area contributed by atoms with E-state index >= 15 is 0 Å². The summed E-state index contributed by atoms with van der Waals surface area (Å²) in [6.07, 6.45) is 0. The molecular weight excluding hydrogens is 280 g/mol. The highest BCUT2D eigenvalue weighted by molar-refractivity contribution is 5.46. The van der Waals surface area contributed by atoms with Gasteiger partial charge in [-0.3, -0.25) is 0 Å². The predicted molar refractivity (Wildman–Crippen MR) is 77.0 cm³/mol. The van der Waals surface area contributed by atoms with Crippen molar-refractivity contribution in [3.63, 3.8) is 0 Å². The minimum atomic E-state index is -2.89. The fourth-order valence-corrected chi connectivity index (χ4v) is 2.02. The molecule has 1 aromatic carbocycles. The highest BCUT2D eigenvalue weighted by Crippen LogP contribution is 2.32. The standard InChI is InChI=1S/C15H23F2NO3/c1-5-20-15(2,3)10-18-9-11-7-6-8-12(19-4)13(11)21-14(16)17/h6-8,14,18H,5,9-10H2,1-4H3. The molecule has 0 spiro atoms. The summed E-state index contributed by atoms with van der Waals surface area (Å²) in [5.74, 6) is 0.357. The Balaban J connectivity index is 2.74. The van der Waals surface area contributed by atoms with Crippen LogP contribution in [0.5, 0.6) is 11.5 Å². The number of hydrogen-bond acceptors (Lipinski definition) is 4. The number of rotatable bonds is 9. The first-order valence-corrected chi connectivity index (χ1v) is 6.85. The van der Waals surface area contributed by atoms with Crippen molar-refractivity contribution in [2.75, 3.05) is 20.3 Å². The SMILES string of the molecule is CCOC(C)(C)CNCc1cccc(OC)c1OC(F)F. The summed E-state index contributed by atoms with van der Waals surface area (Å²) in [7, 11) is 1.42. The molecule has 21 heavy (non-hydrogen) atoms. The van der Waals surface area contributed by atoms with Gasteiger partial charge in [0.2, 0.25) is 0 Å². The minimum Gasteiger partial charge on any atom is -0.493 e. The second-order valence-corrected chi connectivity index (χ2v) is 5.12. The molecule has 4 nitrogen and oxygen atoms in total. The van der Waals surface area contributed by atoms with Gasteiger partial charge in [-0.1, -0.05) is 12.1 Å². The van der Waals surface area contributed by atoms with E-state index in [4.69, 9.17) is 9.47 Å². The van der Waals surface area contributed by atoms with Crippen LogP contribution in [-0.4, -0.2) is 32.5 Å². The highest BCUT2D eigenvalue weighted by Gasteiger charge is 2.19. The van der Waals surface area contributed by atoms with Crippen molar-refractivity contribution in [1.82, 2.24) is 5.32 Å². The molecule has 0 saturated carbocycles. The summed E-state index contributed by atoms with van der Waals surface area (Å²) >= 11 is 0. The summed E-state index contributed by atoms with van der Waals surface area (Å²) in [6.45, 7) is 4.56. The summed E-state index contributed by atoms with van der Waals surface area (Å²) in [5.41, 5.74) is 0.291. The molecule has 0 atom stereocenters. The quantitative estimate of drug-likeness (QED) is 0.760. The van der Waals surface area contributed by atoms with E-state index in [0.29, 0.717) is 31.0 Å². The smallest absolute Gasteiger partial charge is 0.387 e. The summed E-state index contributed by atoms with van der Waals surface area (Å²) in [4.78, 5) is 0. The molecule has 6 heteroatoms. The van der Waals surface area contributed by atoms with Gasteiger partial charge in [0, 0.05) is 25.3 Å². The molecule has 0 aromatic heterocycles. The molecule has 120 valence electrons. The molecule has 0 bridgehead atoms. The lowest BCUT2D eigenvalue weighted by Gasteiger charge is -2.25. The molecule has 0 aliphatic rings. The maximum atomic E-state index is 12.5. The third kappa shape index (κ3) is 5.85. The Kier molecular flexibility index (Phi) is 6.84. The minimum absolute atomic E-state index is 0.0664. The monoisotopic (exact) mass is 303 g/mol. The first-order valence-electron chi connectivity index (χ1n) is 6.85. The number of alkyl halides is 2. The van der Waals surface area contributed by atoms with Gasteiger partial charge in [0.25, 0.3) is 0 Å².